The summed E-state index contributed by atoms with van der Waals surface area (Å²) in [4.78, 5) is 25.8. The lowest BCUT2D eigenvalue weighted by atomic mass is 10.2. The minimum absolute atomic E-state index is 0.0618. The molecule has 6 heteroatoms. The highest BCUT2D eigenvalue weighted by atomic mass is 16.3. The van der Waals surface area contributed by atoms with E-state index in [0.29, 0.717) is 13.1 Å². The molecule has 1 aliphatic heterocycles. The van der Waals surface area contributed by atoms with E-state index in [1.54, 1.807) is 24.0 Å². The van der Waals surface area contributed by atoms with Crippen LogP contribution >= 0.6 is 0 Å². The Bertz CT molecular complexity index is 444. The minimum atomic E-state index is -0.553. The first-order chi connectivity index (χ1) is 9.08. The average molecular weight is 265 g/mol. The number of carbonyl (C=O) groups is 2. The summed E-state index contributed by atoms with van der Waals surface area (Å²) in [5, 5.41) is 5.92. The van der Waals surface area contributed by atoms with Crippen molar-refractivity contribution >= 4 is 11.8 Å². The summed E-state index contributed by atoms with van der Waals surface area (Å²) in [6.07, 6.45) is 1.43. The molecule has 2 unspecified atom stereocenters. The van der Waals surface area contributed by atoms with Crippen LogP contribution in [-0.4, -0.2) is 48.4 Å². The van der Waals surface area contributed by atoms with Crippen molar-refractivity contribution in [1.29, 1.82) is 0 Å². The van der Waals surface area contributed by atoms with Gasteiger partial charge in [0.15, 0.2) is 5.76 Å². The van der Waals surface area contributed by atoms with Crippen molar-refractivity contribution in [1.82, 2.24) is 15.5 Å². The molecule has 1 aromatic rings. The van der Waals surface area contributed by atoms with Crippen molar-refractivity contribution in [2.24, 2.45) is 0 Å². The highest BCUT2D eigenvalue weighted by Crippen LogP contribution is 2.04. The number of furan rings is 1. The van der Waals surface area contributed by atoms with E-state index in [1.807, 2.05) is 6.92 Å². The van der Waals surface area contributed by atoms with Crippen molar-refractivity contribution in [3.05, 3.63) is 24.2 Å². The van der Waals surface area contributed by atoms with Gasteiger partial charge in [-0.25, -0.2) is 0 Å². The largest absolute Gasteiger partial charge is 0.459 e. The second-order valence-corrected chi connectivity index (χ2v) is 4.81. The Labute approximate surface area is 112 Å². The van der Waals surface area contributed by atoms with Crippen molar-refractivity contribution in [2.45, 2.75) is 25.9 Å². The Balaban J connectivity index is 1.90. The Morgan fingerprint density at radius 2 is 2.37 bits per heavy atom. The monoisotopic (exact) mass is 265 g/mol. The second-order valence-electron chi connectivity index (χ2n) is 4.81. The van der Waals surface area contributed by atoms with E-state index < -0.39 is 6.04 Å². The molecule has 6 nitrogen and oxygen atoms in total. The highest BCUT2D eigenvalue weighted by molar-refractivity contribution is 5.95. The molecule has 2 heterocycles. The van der Waals surface area contributed by atoms with Crippen LogP contribution in [0.5, 0.6) is 0 Å². The third kappa shape index (κ3) is 3.35. The molecule has 0 aromatic carbocycles. The summed E-state index contributed by atoms with van der Waals surface area (Å²) in [5.41, 5.74) is 0. The summed E-state index contributed by atoms with van der Waals surface area (Å²) in [6, 6.07) is 2.94. The topological polar surface area (TPSA) is 74.6 Å². The van der Waals surface area contributed by atoms with Crippen molar-refractivity contribution in [3.8, 4) is 0 Å². The van der Waals surface area contributed by atoms with E-state index in [9.17, 15) is 9.59 Å². The standard InChI is InChI=1S/C13H19N3O3/c1-9-8-16(6-5-14-9)13(18)10(2)15-12(17)11-4-3-7-19-11/h3-4,7,9-10,14H,5-6,8H2,1-2H3,(H,15,17). The molecule has 0 aliphatic carbocycles. The van der Waals surface area contributed by atoms with Crippen LogP contribution < -0.4 is 10.6 Å². The number of piperazine rings is 1. The molecule has 0 saturated carbocycles. The summed E-state index contributed by atoms with van der Waals surface area (Å²) in [5.74, 6) is -0.212. The molecule has 2 N–H and O–H groups in total. The maximum absolute atomic E-state index is 12.2. The van der Waals surface area contributed by atoms with Crippen molar-refractivity contribution in [2.75, 3.05) is 19.6 Å². The van der Waals surface area contributed by atoms with Crippen molar-refractivity contribution < 1.29 is 14.0 Å². The zero-order valence-corrected chi connectivity index (χ0v) is 11.2. The molecule has 1 aliphatic rings. The number of rotatable bonds is 3. The van der Waals surface area contributed by atoms with Crippen LogP contribution in [0.1, 0.15) is 24.4 Å². The van der Waals surface area contributed by atoms with Crippen LogP contribution in [-0.2, 0) is 4.79 Å². The highest BCUT2D eigenvalue weighted by Gasteiger charge is 2.26. The molecule has 104 valence electrons. The first-order valence-electron chi connectivity index (χ1n) is 6.44. The van der Waals surface area contributed by atoms with Gasteiger partial charge in [0, 0.05) is 25.7 Å². The van der Waals surface area contributed by atoms with Crippen molar-refractivity contribution in [3.63, 3.8) is 0 Å². The summed E-state index contributed by atoms with van der Waals surface area (Å²) < 4.78 is 4.99. The van der Waals surface area contributed by atoms with E-state index in [-0.39, 0.29) is 23.6 Å². The van der Waals surface area contributed by atoms with E-state index in [2.05, 4.69) is 10.6 Å². The maximum Gasteiger partial charge on any atom is 0.287 e. The van der Waals surface area contributed by atoms with Crippen LogP contribution in [0.25, 0.3) is 0 Å². The van der Waals surface area contributed by atoms with Gasteiger partial charge in [0.05, 0.1) is 6.26 Å². The molecular formula is C13H19N3O3. The number of nitrogens with zero attached hydrogens (tertiary/aromatic N) is 1. The molecule has 0 radical (unpaired) electrons. The van der Waals surface area contributed by atoms with Gasteiger partial charge >= 0.3 is 0 Å². The third-order valence-corrected chi connectivity index (χ3v) is 3.14. The lowest BCUT2D eigenvalue weighted by Gasteiger charge is -2.33. The van der Waals surface area contributed by atoms with Gasteiger partial charge in [-0.3, -0.25) is 9.59 Å². The SMILES string of the molecule is CC1CN(C(=O)C(C)NC(=O)c2ccco2)CCN1. The molecule has 0 bridgehead atoms. The van der Waals surface area contributed by atoms with Gasteiger partial charge in [0.1, 0.15) is 6.04 Å². The summed E-state index contributed by atoms with van der Waals surface area (Å²) in [6.45, 7) is 5.84. The average Bonchev–Trinajstić information content (AvgIpc) is 2.91. The Morgan fingerprint density at radius 1 is 1.58 bits per heavy atom. The Hall–Kier alpha value is -1.82. The molecule has 1 fully saturated rings. The fraction of sp³-hybridized carbons (Fsp3) is 0.538. The normalized spacial score (nSPS) is 20.9. The van der Waals surface area contributed by atoms with E-state index in [4.69, 9.17) is 4.42 Å². The number of hydrogen-bond acceptors (Lipinski definition) is 4. The van der Waals surface area contributed by atoms with Crippen LogP contribution in [0.3, 0.4) is 0 Å². The van der Waals surface area contributed by atoms with Crippen LogP contribution in [0.15, 0.2) is 22.8 Å². The van der Waals surface area contributed by atoms with Crippen LogP contribution in [0, 0.1) is 0 Å². The van der Waals surface area contributed by atoms with Crippen LogP contribution in [0.4, 0.5) is 0 Å². The van der Waals surface area contributed by atoms with Gasteiger partial charge in [-0.2, -0.15) is 0 Å². The van der Waals surface area contributed by atoms with E-state index >= 15 is 0 Å². The predicted molar refractivity (Wildman–Crippen MR) is 69.7 cm³/mol. The first-order valence-corrected chi connectivity index (χ1v) is 6.44. The third-order valence-electron chi connectivity index (χ3n) is 3.14. The van der Waals surface area contributed by atoms with Gasteiger partial charge in [-0.05, 0) is 26.0 Å². The number of amides is 2. The summed E-state index contributed by atoms with van der Waals surface area (Å²) >= 11 is 0. The van der Waals surface area contributed by atoms with E-state index in [1.165, 1.54) is 6.26 Å². The van der Waals surface area contributed by atoms with Gasteiger partial charge in [0.25, 0.3) is 5.91 Å². The number of hydrogen-bond donors (Lipinski definition) is 2. The lowest BCUT2D eigenvalue weighted by Crippen LogP contribution is -2.56. The van der Waals surface area contributed by atoms with Gasteiger partial charge < -0.3 is 20.0 Å². The van der Waals surface area contributed by atoms with Gasteiger partial charge in [0.2, 0.25) is 5.91 Å². The first kappa shape index (κ1) is 13.6. The molecule has 19 heavy (non-hydrogen) atoms. The molecule has 2 amide bonds. The summed E-state index contributed by atoms with van der Waals surface area (Å²) in [7, 11) is 0. The molecule has 2 rings (SSSR count). The number of nitrogens with one attached hydrogen (secondary N) is 2. The minimum Gasteiger partial charge on any atom is -0.459 e. The fourth-order valence-corrected chi connectivity index (χ4v) is 2.14. The second kappa shape index (κ2) is 5.88. The smallest absolute Gasteiger partial charge is 0.287 e. The number of carbonyl (C=O) groups excluding carboxylic acids is 2. The van der Waals surface area contributed by atoms with Gasteiger partial charge in [-0.15, -0.1) is 0 Å². The molecule has 2 atom stereocenters. The Kier molecular flexibility index (Phi) is 4.21. The molecule has 1 saturated heterocycles. The molecule has 0 spiro atoms. The Morgan fingerprint density at radius 3 is 3.00 bits per heavy atom. The maximum atomic E-state index is 12.2. The van der Waals surface area contributed by atoms with E-state index in [0.717, 1.165) is 6.54 Å². The fourth-order valence-electron chi connectivity index (χ4n) is 2.14. The predicted octanol–water partition coefficient (Wildman–Crippen LogP) is 0.218. The lowest BCUT2D eigenvalue weighted by molar-refractivity contribution is -0.133. The quantitative estimate of drug-likeness (QED) is 0.820. The molecular weight excluding hydrogens is 246 g/mol. The van der Waals surface area contributed by atoms with Crippen LogP contribution in [0.2, 0.25) is 0 Å². The van der Waals surface area contributed by atoms with Gasteiger partial charge in [-0.1, -0.05) is 0 Å². The zero-order valence-electron chi connectivity index (χ0n) is 11.2. The molecule has 1 aromatic heterocycles. The zero-order chi connectivity index (χ0) is 13.8.